The summed E-state index contributed by atoms with van der Waals surface area (Å²) in [6, 6.07) is 5.63. The average Bonchev–Trinajstić information content (AvgIpc) is 2.80. The van der Waals surface area contributed by atoms with Crippen LogP contribution < -0.4 is 10.6 Å². The quantitative estimate of drug-likeness (QED) is 0.356. The molecule has 2 heterocycles. The Kier molecular flexibility index (Phi) is 8.17. The number of likely N-dealkylation sites (tertiary alicyclic amines) is 1. The van der Waals surface area contributed by atoms with Crippen molar-refractivity contribution in [2.75, 3.05) is 25.5 Å². The molecule has 1 aromatic carbocycles. The Balaban J connectivity index is 1.84. The van der Waals surface area contributed by atoms with Crippen LogP contribution in [0.1, 0.15) is 24.6 Å². The van der Waals surface area contributed by atoms with Crippen molar-refractivity contribution in [1.29, 1.82) is 5.41 Å². The molecular weight excluding hydrogens is 507 g/mol. The molecule has 13 heteroatoms. The largest absolute Gasteiger partial charge is 0.434 e. The molecule has 2 unspecified atom stereocenters. The lowest BCUT2D eigenvalue weighted by Crippen LogP contribution is -2.58. The van der Waals surface area contributed by atoms with Gasteiger partial charge in [-0.25, -0.2) is 18.7 Å². The van der Waals surface area contributed by atoms with Gasteiger partial charge in [0.15, 0.2) is 5.69 Å². The van der Waals surface area contributed by atoms with Crippen LogP contribution in [0.25, 0.3) is 5.57 Å². The summed E-state index contributed by atoms with van der Waals surface area (Å²) in [6.07, 6.45) is -2.31. The van der Waals surface area contributed by atoms with Gasteiger partial charge in [-0.2, -0.15) is 13.2 Å². The van der Waals surface area contributed by atoms with E-state index < -0.39 is 54.3 Å². The van der Waals surface area contributed by atoms with Gasteiger partial charge in [0.2, 0.25) is 0 Å². The van der Waals surface area contributed by atoms with Crippen molar-refractivity contribution < 1.29 is 26.7 Å². The maximum absolute atomic E-state index is 14.5. The molecule has 1 aromatic heterocycles. The first kappa shape index (κ1) is 27.3. The Labute approximate surface area is 209 Å². The summed E-state index contributed by atoms with van der Waals surface area (Å²) in [6.45, 7) is 0.549. The number of hydrogen-bond donors (Lipinski definition) is 3. The van der Waals surface area contributed by atoms with Gasteiger partial charge in [-0.1, -0.05) is 30.7 Å². The number of alkyl halides is 5. The van der Waals surface area contributed by atoms with Crippen molar-refractivity contribution in [3.05, 3.63) is 59.1 Å². The predicted molar refractivity (Wildman–Crippen MR) is 126 cm³/mol. The van der Waals surface area contributed by atoms with Gasteiger partial charge in [0, 0.05) is 36.8 Å². The van der Waals surface area contributed by atoms with Gasteiger partial charge in [-0.15, -0.1) is 0 Å². The average molecular weight is 531 g/mol. The molecular formula is C23H24ClF5N6O. The molecule has 2 atom stereocenters. The highest BCUT2D eigenvalue weighted by molar-refractivity contribution is 6.54. The van der Waals surface area contributed by atoms with Gasteiger partial charge in [-0.3, -0.25) is 10.2 Å². The van der Waals surface area contributed by atoms with E-state index >= 15 is 0 Å². The zero-order valence-corrected chi connectivity index (χ0v) is 20.1. The molecule has 1 aliphatic rings. The third-order valence-electron chi connectivity index (χ3n) is 5.68. The summed E-state index contributed by atoms with van der Waals surface area (Å²) in [4.78, 5) is 21.3. The monoisotopic (exact) mass is 530 g/mol. The summed E-state index contributed by atoms with van der Waals surface area (Å²) in [5.41, 5.74) is -1.08. The lowest BCUT2D eigenvalue weighted by Gasteiger charge is -2.43. The molecule has 2 aromatic rings. The minimum atomic E-state index is -4.65. The summed E-state index contributed by atoms with van der Waals surface area (Å²) in [5.74, 6) is -4.80. The zero-order chi connectivity index (χ0) is 26.7. The van der Waals surface area contributed by atoms with Gasteiger partial charge in [0.05, 0.1) is 25.0 Å². The van der Waals surface area contributed by atoms with E-state index in [0.717, 1.165) is 11.1 Å². The number of nitrogens with one attached hydrogen (secondary N) is 3. The van der Waals surface area contributed by atoms with Crippen LogP contribution in [-0.4, -0.2) is 58.6 Å². The highest BCUT2D eigenvalue weighted by Gasteiger charge is 2.46. The molecule has 3 rings (SSSR count). The number of benzene rings is 1. The minimum Gasteiger partial charge on any atom is -0.393 e. The normalized spacial score (nSPS) is 20.1. The first-order valence-electron chi connectivity index (χ1n) is 10.9. The van der Waals surface area contributed by atoms with Gasteiger partial charge >= 0.3 is 6.18 Å². The molecule has 1 amide bonds. The van der Waals surface area contributed by atoms with E-state index in [1.165, 1.54) is 6.20 Å². The van der Waals surface area contributed by atoms with Crippen LogP contribution in [0.4, 0.5) is 27.8 Å². The number of amides is 1. The summed E-state index contributed by atoms with van der Waals surface area (Å²) >= 11 is 6.04. The van der Waals surface area contributed by atoms with E-state index in [-0.39, 0.29) is 17.9 Å². The lowest BCUT2D eigenvalue weighted by atomic mass is 9.87. The highest BCUT2D eigenvalue weighted by atomic mass is 35.5. The molecule has 1 fully saturated rings. The molecule has 0 radical (unpaired) electrons. The Morgan fingerprint density at radius 3 is 2.61 bits per heavy atom. The molecule has 0 saturated carbocycles. The van der Waals surface area contributed by atoms with Gasteiger partial charge < -0.3 is 15.5 Å². The second kappa shape index (κ2) is 10.8. The van der Waals surface area contributed by atoms with E-state index in [1.807, 2.05) is 0 Å². The summed E-state index contributed by atoms with van der Waals surface area (Å²) in [5, 5.41) is 14.4. The van der Waals surface area contributed by atoms with E-state index in [2.05, 4.69) is 20.6 Å². The number of rotatable bonds is 7. The molecule has 0 spiro atoms. The first-order chi connectivity index (χ1) is 16.8. The first-order valence-corrected chi connectivity index (χ1v) is 11.2. The Morgan fingerprint density at radius 2 is 2.03 bits per heavy atom. The summed E-state index contributed by atoms with van der Waals surface area (Å²) in [7, 11) is 1.57. The third-order valence-corrected chi connectivity index (χ3v) is 5.92. The molecule has 0 bridgehead atoms. The van der Waals surface area contributed by atoms with Gasteiger partial charge in [0.25, 0.3) is 11.8 Å². The summed E-state index contributed by atoms with van der Waals surface area (Å²) < 4.78 is 67.2. The zero-order valence-electron chi connectivity index (χ0n) is 19.3. The molecule has 194 valence electrons. The van der Waals surface area contributed by atoms with Gasteiger partial charge in [-0.05, 0) is 23.6 Å². The molecule has 1 aliphatic heterocycles. The maximum Gasteiger partial charge on any atom is 0.434 e. The van der Waals surface area contributed by atoms with Crippen LogP contribution >= 0.6 is 11.6 Å². The third kappa shape index (κ3) is 6.48. The number of piperidine rings is 1. The number of halogens is 6. The van der Waals surface area contributed by atoms with Crippen LogP contribution in [0.5, 0.6) is 0 Å². The van der Waals surface area contributed by atoms with Crippen molar-refractivity contribution >= 4 is 34.6 Å². The predicted octanol–water partition coefficient (Wildman–Crippen LogP) is 4.71. The van der Waals surface area contributed by atoms with Crippen molar-refractivity contribution in [2.45, 2.75) is 31.5 Å². The number of aromatic nitrogens is 2. The van der Waals surface area contributed by atoms with Crippen molar-refractivity contribution in [3.8, 4) is 0 Å². The van der Waals surface area contributed by atoms with Crippen molar-refractivity contribution in [1.82, 2.24) is 20.2 Å². The lowest BCUT2D eigenvalue weighted by molar-refractivity contribution is -0.145. The van der Waals surface area contributed by atoms with E-state index in [9.17, 15) is 26.7 Å². The van der Waals surface area contributed by atoms with Crippen LogP contribution in [0.15, 0.2) is 42.9 Å². The number of carbonyl (C=O) groups excluding carboxylic acids is 1. The van der Waals surface area contributed by atoms with E-state index in [0.29, 0.717) is 16.8 Å². The maximum atomic E-state index is 14.5. The number of anilines is 1. The smallest absolute Gasteiger partial charge is 0.393 e. The van der Waals surface area contributed by atoms with Gasteiger partial charge in [0.1, 0.15) is 11.5 Å². The molecule has 1 saturated heterocycles. The van der Waals surface area contributed by atoms with Crippen LogP contribution in [0, 0.1) is 11.3 Å². The molecule has 0 aliphatic carbocycles. The Morgan fingerprint density at radius 1 is 1.31 bits per heavy atom. The highest BCUT2D eigenvalue weighted by Crippen LogP contribution is 2.35. The fourth-order valence-electron chi connectivity index (χ4n) is 4.01. The fraction of sp³-hybridized carbons (Fsp3) is 0.391. The minimum absolute atomic E-state index is 0.00953. The molecule has 36 heavy (non-hydrogen) atoms. The molecule has 7 nitrogen and oxygen atoms in total. The van der Waals surface area contributed by atoms with Crippen molar-refractivity contribution in [2.24, 2.45) is 5.92 Å². The SMILES string of the molecule is CN/C=C(\C(=N)C(=O)N1CC(F)(F)CC(C)C1CNc1cnc(C(F)(F)F)cn1)c1cccc(Cl)c1. The Hall–Kier alpha value is -3.28. The van der Waals surface area contributed by atoms with Crippen LogP contribution in [0.3, 0.4) is 0 Å². The van der Waals surface area contributed by atoms with Crippen molar-refractivity contribution in [3.63, 3.8) is 0 Å². The van der Waals surface area contributed by atoms with E-state index in [4.69, 9.17) is 17.0 Å². The standard InChI is InChI=1S/C23H24ClF5N6O/c1-13-7-22(25,26)12-35(17(13)9-33-19-11-32-18(10-34-19)23(27,28)29)21(36)20(30)16(8-31-2)14-4-3-5-15(24)6-14/h3-6,8,10-11,13,17,30-31H,7,9,12H2,1-2H3,(H,33,34)/b16-8-,30-20?. The second-order valence-electron chi connectivity index (χ2n) is 8.44. The Bertz CT molecular complexity index is 1140. The fourth-order valence-corrected chi connectivity index (χ4v) is 4.20. The second-order valence-corrected chi connectivity index (χ2v) is 8.87. The van der Waals surface area contributed by atoms with E-state index in [1.54, 1.807) is 38.2 Å². The number of carbonyl (C=O) groups is 1. The molecule has 3 N–H and O–H groups in total. The van der Waals surface area contributed by atoms with Crippen LogP contribution in [-0.2, 0) is 11.0 Å². The topological polar surface area (TPSA) is 94.0 Å². The van der Waals surface area contributed by atoms with Crippen LogP contribution in [0.2, 0.25) is 5.02 Å². The number of hydrogen-bond acceptors (Lipinski definition) is 6. The number of nitrogens with zero attached hydrogens (tertiary/aromatic N) is 3.